The Hall–Kier alpha value is -1.56. The molecule has 0 bridgehead atoms. The molecule has 1 amide bonds. The van der Waals surface area contributed by atoms with Crippen LogP contribution in [-0.4, -0.2) is 40.0 Å². The SMILES string of the molecule is CSCC[C@@H](NC(=O)c1ccnc(C)c1)C(=O)O. The van der Waals surface area contributed by atoms with Crippen molar-refractivity contribution >= 4 is 23.6 Å². The van der Waals surface area contributed by atoms with Gasteiger partial charge in [0.2, 0.25) is 0 Å². The van der Waals surface area contributed by atoms with Gasteiger partial charge in [0.15, 0.2) is 0 Å². The number of rotatable bonds is 6. The molecule has 2 N–H and O–H groups in total. The van der Waals surface area contributed by atoms with E-state index in [0.717, 1.165) is 5.69 Å². The first-order valence-corrected chi connectivity index (χ1v) is 6.89. The van der Waals surface area contributed by atoms with E-state index in [0.29, 0.717) is 17.7 Å². The van der Waals surface area contributed by atoms with Gasteiger partial charge in [0.25, 0.3) is 5.91 Å². The van der Waals surface area contributed by atoms with Gasteiger partial charge in [-0.3, -0.25) is 9.78 Å². The van der Waals surface area contributed by atoms with E-state index in [1.54, 1.807) is 30.8 Å². The predicted molar refractivity (Wildman–Crippen MR) is 70.9 cm³/mol. The van der Waals surface area contributed by atoms with Gasteiger partial charge in [0.1, 0.15) is 6.04 Å². The van der Waals surface area contributed by atoms with Crippen molar-refractivity contribution in [2.75, 3.05) is 12.0 Å². The van der Waals surface area contributed by atoms with E-state index in [-0.39, 0.29) is 5.91 Å². The Kier molecular flexibility index (Phi) is 5.64. The van der Waals surface area contributed by atoms with Crippen LogP contribution in [0.3, 0.4) is 0 Å². The fourth-order valence-electron chi connectivity index (χ4n) is 1.42. The molecule has 98 valence electrons. The van der Waals surface area contributed by atoms with Gasteiger partial charge in [-0.2, -0.15) is 11.8 Å². The summed E-state index contributed by atoms with van der Waals surface area (Å²) >= 11 is 1.55. The van der Waals surface area contributed by atoms with E-state index < -0.39 is 12.0 Å². The quantitative estimate of drug-likeness (QED) is 0.813. The molecule has 1 aromatic rings. The maximum Gasteiger partial charge on any atom is 0.326 e. The molecule has 1 heterocycles. The fourth-order valence-corrected chi connectivity index (χ4v) is 1.89. The number of amides is 1. The van der Waals surface area contributed by atoms with Crippen LogP contribution in [0.2, 0.25) is 0 Å². The number of hydrogen-bond donors (Lipinski definition) is 2. The Bertz CT molecular complexity index is 437. The molecule has 1 aromatic heterocycles. The lowest BCUT2D eigenvalue weighted by molar-refractivity contribution is -0.139. The third-order valence-corrected chi connectivity index (χ3v) is 3.02. The summed E-state index contributed by atoms with van der Waals surface area (Å²) in [5.41, 5.74) is 1.15. The maximum absolute atomic E-state index is 11.9. The third-order valence-electron chi connectivity index (χ3n) is 2.37. The number of nitrogens with one attached hydrogen (secondary N) is 1. The average molecular weight is 268 g/mol. The minimum absolute atomic E-state index is 0.381. The number of nitrogens with zero attached hydrogens (tertiary/aromatic N) is 1. The first kappa shape index (κ1) is 14.5. The molecule has 1 rings (SSSR count). The third kappa shape index (κ3) is 4.37. The highest BCUT2D eigenvalue weighted by molar-refractivity contribution is 7.98. The van der Waals surface area contributed by atoms with Crippen LogP contribution in [0.25, 0.3) is 0 Å². The van der Waals surface area contributed by atoms with E-state index in [1.165, 1.54) is 6.20 Å². The summed E-state index contributed by atoms with van der Waals surface area (Å²) in [6.07, 6.45) is 3.83. The number of carboxylic acids is 1. The van der Waals surface area contributed by atoms with Crippen molar-refractivity contribution in [3.8, 4) is 0 Å². The largest absolute Gasteiger partial charge is 0.480 e. The van der Waals surface area contributed by atoms with Gasteiger partial charge in [-0.15, -0.1) is 0 Å². The van der Waals surface area contributed by atoms with Gasteiger partial charge in [-0.25, -0.2) is 4.79 Å². The van der Waals surface area contributed by atoms with Crippen molar-refractivity contribution in [1.29, 1.82) is 0 Å². The molecule has 0 aliphatic rings. The Morgan fingerprint density at radius 1 is 1.56 bits per heavy atom. The summed E-state index contributed by atoms with van der Waals surface area (Å²) in [5, 5.41) is 11.5. The van der Waals surface area contributed by atoms with Crippen LogP contribution in [-0.2, 0) is 4.79 Å². The van der Waals surface area contributed by atoms with Crippen LogP contribution in [0, 0.1) is 6.92 Å². The van der Waals surface area contributed by atoms with E-state index in [4.69, 9.17) is 5.11 Å². The normalized spacial score (nSPS) is 11.9. The van der Waals surface area contributed by atoms with Crippen molar-refractivity contribution in [2.45, 2.75) is 19.4 Å². The number of aliphatic carboxylic acids is 1. The Labute approximate surface area is 110 Å². The molecule has 0 radical (unpaired) electrons. The first-order chi connectivity index (χ1) is 8.54. The zero-order chi connectivity index (χ0) is 13.5. The predicted octanol–water partition coefficient (Wildman–Crippen LogP) is 1.33. The van der Waals surface area contributed by atoms with Crippen LogP contribution in [0.15, 0.2) is 18.3 Å². The van der Waals surface area contributed by atoms with Gasteiger partial charge < -0.3 is 10.4 Å². The summed E-state index contributed by atoms with van der Waals surface area (Å²) in [4.78, 5) is 26.9. The van der Waals surface area contributed by atoms with Crippen LogP contribution in [0.4, 0.5) is 0 Å². The Morgan fingerprint density at radius 3 is 2.83 bits per heavy atom. The summed E-state index contributed by atoms with van der Waals surface area (Å²) in [6, 6.07) is 2.34. The Morgan fingerprint density at radius 2 is 2.28 bits per heavy atom. The highest BCUT2D eigenvalue weighted by Crippen LogP contribution is 2.05. The smallest absolute Gasteiger partial charge is 0.326 e. The fraction of sp³-hybridized carbons (Fsp3) is 0.417. The molecule has 0 saturated carbocycles. The maximum atomic E-state index is 11.9. The number of carbonyl (C=O) groups excluding carboxylic acids is 1. The number of pyridine rings is 1. The van der Waals surface area contributed by atoms with Crippen LogP contribution >= 0.6 is 11.8 Å². The molecule has 0 aliphatic heterocycles. The van der Waals surface area contributed by atoms with E-state index in [9.17, 15) is 9.59 Å². The van der Waals surface area contributed by atoms with Crippen molar-refractivity contribution in [1.82, 2.24) is 10.3 Å². The van der Waals surface area contributed by atoms with Gasteiger partial charge >= 0.3 is 5.97 Å². The van der Waals surface area contributed by atoms with Gasteiger partial charge in [0.05, 0.1) is 0 Å². The minimum Gasteiger partial charge on any atom is -0.480 e. The second kappa shape index (κ2) is 7.00. The summed E-state index contributed by atoms with van der Waals surface area (Å²) in [7, 11) is 0. The Balaban J connectivity index is 2.69. The minimum atomic E-state index is -1.01. The van der Waals surface area contributed by atoms with Crippen LogP contribution < -0.4 is 5.32 Å². The molecule has 5 nitrogen and oxygen atoms in total. The number of aromatic nitrogens is 1. The number of hydrogen-bond acceptors (Lipinski definition) is 4. The van der Waals surface area contributed by atoms with E-state index >= 15 is 0 Å². The van der Waals surface area contributed by atoms with Crippen LogP contribution in [0.1, 0.15) is 22.5 Å². The molecule has 1 atom stereocenters. The van der Waals surface area contributed by atoms with Crippen molar-refractivity contribution < 1.29 is 14.7 Å². The number of thioether (sulfide) groups is 1. The van der Waals surface area contributed by atoms with E-state index in [2.05, 4.69) is 10.3 Å². The molecule has 18 heavy (non-hydrogen) atoms. The van der Waals surface area contributed by atoms with Crippen molar-refractivity contribution in [2.24, 2.45) is 0 Å². The number of carbonyl (C=O) groups is 2. The van der Waals surface area contributed by atoms with Gasteiger partial charge in [-0.1, -0.05) is 0 Å². The van der Waals surface area contributed by atoms with Gasteiger partial charge in [-0.05, 0) is 37.5 Å². The lowest BCUT2D eigenvalue weighted by Gasteiger charge is -2.13. The van der Waals surface area contributed by atoms with Crippen molar-refractivity contribution in [3.63, 3.8) is 0 Å². The highest BCUT2D eigenvalue weighted by Gasteiger charge is 2.20. The highest BCUT2D eigenvalue weighted by atomic mass is 32.2. The molecule has 0 aliphatic carbocycles. The standard InChI is InChI=1S/C12H16N2O3S/c1-8-7-9(3-5-13-8)11(15)14-10(12(16)17)4-6-18-2/h3,5,7,10H,4,6H2,1-2H3,(H,14,15)(H,16,17)/t10-/m1/s1. The zero-order valence-electron chi connectivity index (χ0n) is 10.3. The number of carboxylic acid groups (broad SMARTS) is 1. The molecular weight excluding hydrogens is 252 g/mol. The molecule has 0 aromatic carbocycles. The molecule has 0 unspecified atom stereocenters. The molecule has 6 heteroatoms. The van der Waals surface area contributed by atoms with E-state index in [1.807, 2.05) is 6.26 Å². The second-order valence-corrected chi connectivity index (χ2v) is 4.82. The zero-order valence-corrected chi connectivity index (χ0v) is 11.2. The first-order valence-electron chi connectivity index (χ1n) is 5.50. The molecule has 0 fully saturated rings. The lowest BCUT2D eigenvalue weighted by Crippen LogP contribution is -2.41. The monoisotopic (exact) mass is 268 g/mol. The van der Waals surface area contributed by atoms with Crippen molar-refractivity contribution in [3.05, 3.63) is 29.6 Å². The topological polar surface area (TPSA) is 79.3 Å². The average Bonchev–Trinajstić information content (AvgIpc) is 2.33. The molecule has 0 saturated heterocycles. The summed E-state index contributed by atoms with van der Waals surface area (Å²) < 4.78 is 0. The lowest BCUT2D eigenvalue weighted by atomic mass is 10.2. The van der Waals surface area contributed by atoms with Crippen LogP contribution in [0.5, 0.6) is 0 Å². The summed E-state index contributed by atoms with van der Waals surface area (Å²) in [6.45, 7) is 1.78. The molecular formula is C12H16N2O3S. The van der Waals surface area contributed by atoms with Gasteiger partial charge in [0, 0.05) is 17.5 Å². The molecule has 0 spiro atoms. The number of aryl methyl sites for hydroxylation is 1. The second-order valence-electron chi connectivity index (χ2n) is 3.83. The summed E-state index contributed by atoms with van der Waals surface area (Å²) in [5.74, 6) is -0.704.